The summed E-state index contributed by atoms with van der Waals surface area (Å²) in [4.78, 5) is 40.9. The lowest BCUT2D eigenvalue weighted by Crippen LogP contribution is -2.15. The van der Waals surface area contributed by atoms with Crippen molar-refractivity contribution in [2.45, 2.75) is 112 Å². The maximum Gasteiger partial charge on any atom is 0.306 e. The highest BCUT2D eigenvalue weighted by atomic mass is 16.5. The summed E-state index contributed by atoms with van der Waals surface area (Å²) in [5, 5.41) is 15.2. The lowest BCUT2D eigenvalue weighted by atomic mass is 9.86. The second kappa shape index (κ2) is 14.6. The van der Waals surface area contributed by atoms with Crippen molar-refractivity contribution in [2.24, 2.45) is 26.8 Å². The molecule has 10 bridgehead atoms. The molecule has 1 fully saturated rings. The second-order valence-corrected chi connectivity index (χ2v) is 14.7. The van der Waals surface area contributed by atoms with Crippen LogP contribution >= 0.6 is 0 Å². The molecule has 9 heteroatoms. The zero-order valence-corrected chi connectivity index (χ0v) is 30.7. The van der Waals surface area contributed by atoms with Crippen LogP contribution in [0.5, 0.6) is 0 Å². The minimum Gasteiger partial charge on any atom is -0.511 e. The molecular formula is C42H50N4O5. The standard InChI is InChI=1S/C42H50N4O5/c1-6-27-23(2)32-20-36-30-22-51-39(49)16-12-10-8-7-9-11-15-38(48)50-17-13-14-28-24(3)33(19-31(44-36)25(30)4)45-41(28)29-18-37(47)40-26(5)34(46-42(29)40)21-35(27)43-32/h19-21,24,28,45,47H,6-18,22H2,1-5H3/t24-,28-/m0/s1. The number of carbonyl (C=O) groups is 2. The Hall–Kier alpha value is -4.53. The Morgan fingerprint density at radius 3 is 2.24 bits per heavy atom. The summed E-state index contributed by atoms with van der Waals surface area (Å²) in [6, 6.07) is 0. The van der Waals surface area contributed by atoms with Crippen molar-refractivity contribution in [1.29, 1.82) is 0 Å². The number of cyclic esters (lactones) is 2. The lowest BCUT2D eigenvalue weighted by molar-refractivity contribution is -0.144. The van der Waals surface area contributed by atoms with Crippen LogP contribution in [0.25, 0.3) is 0 Å². The number of carbonyl (C=O) groups excluding carboxylic acids is 2. The minimum absolute atomic E-state index is 0.0976. The van der Waals surface area contributed by atoms with Gasteiger partial charge in [0.1, 0.15) is 12.4 Å². The van der Waals surface area contributed by atoms with E-state index in [9.17, 15) is 14.7 Å². The van der Waals surface area contributed by atoms with E-state index in [-0.39, 0.29) is 30.4 Å². The first kappa shape index (κ1) is 34.9. The molecule has 6 aliphatic heterocycles. The molecule has 0 unspecified atom stereocenters. The van der Waals surface area contributed by atoms with Crippen LogP contribution in [0.2, 0.25) is 0 Å². The number of nitrogens with one attached hydrogen (secondary N) is 1. The summed E-state index contributed by atoms with van der Waals surface area (Å²) < 4.78 is 11.6. The van der Waals surface area contributed by atoms with Gasteiger partial charge in [0.15, 0.2) is 0 Å². The number of hydrogen-bond acceptors (Lipinski definition) is 9. The van der Waals surface area contributed by atoms with Crippen molar-refractivity contribution in [1.82, 2.24) is 5.32 Å². The van der Waals surface area contributed by atoms with Crippen LogP contribution in [0, 0.1) is 11.8 Å². The first-order chi connectivity index (χ1) is 24.6. The molecule has 6 heterocycles. The van der Waals surface area contributed by atoms with Crippen LogP contribution in [0.3, 0.4) is 0 Å². The topological polar surface area (TPSA) is 122 Å². The first-order valence-corrected chi connectivity index (χ1v) is 18.9. The highest BCUT2D eigenvalue weighted by molar-refractivity contribution is 6.21. The SMILES string of the molecule is CCC1=C(C)C2=NC1=CC1=C(C)C3=C(O)CC(=C4NC5=CC6=NC(=C2)C(=C6C)COC(=O)CCCCCCCCC(=O)OCCC[C@H]4[C@@H]5C)C3=N1. The smallest absolute Gasteiger partial charge is 0.306 e. The molecule has 0 aromatic carbocycles. The monoisotopic (exact) mass is 690 g/mol. The van der Waals surface area contributed by atoms with Crippen LogP contribution in [0.15, 0.2) is 106 Å². The summed E-state index contributed by atoms with van der Waals surface area (Å²) in [5.41, 5.74) is 13.9. The van der Waals surface area contributed by atoms with Crippen molar-refractivity contribution >= 4 is 29.1 Å². The van der Waals surface area contributed by atoms with Crippen LogP contribution < -0.4 is 5.32 Å². The molecule has 268 valence electrons. The van der Waals surface area contributed by atoms with Gasteiger partial charge in [-0.3, -0.25) is 9.59 Å². The number of rotatable bonds is 1. The normalized spacial score (nSPS) is 26.5. The van der Waals surface area contributed by atoms with Crippen molar-refractivity contribution in [2.75, 3.05) is 13.2 Å². The van der Waals surface area contributed by atoms with E-state index in [1.54, 1.807) is 0 Å². The molecule has 9 nitrogen and oxygen atoms in total. The molecule has 51 heavy (non-hydrogen) atoms. The number of esters is 2. The van der Waals surface area contributed by atoms with Crippen LogP contribution in [0.4, 0.5) is 0 Å². The highest BCUT2D eigenvalue weighted by Gasteiger charge is 2.41. The zero-order valence-electron chi connectivity index (χ0n) is 30.7. The molecule has 2 atom stereocenters. The number of allylic oxidation sites excluding steroid dienone is 11. The molecule has 7 aliphatic rings. The lowest BCUT2D eigenvalue weighted by Gasteiger charge is -2.18. The molecule has 0 saturated carbocycles. The van der Waals surface area contributed by atoms with Crippen LogP contribution in [-0.2, 0) is 19.1 Å². The van der Waals surface area contributed by atoms with Crippen molar-refractivity contribution in [3.63, 3.8) is 0 Å². The minimum atomic E-state index is -0.202. The van der Waals surface area contributed by atoms with Gasteiger partial charge in [0.25, 0.3) is 0 Å². The molecule has 0 radical (unpaired) electrons. The number of aliphatic hydroxyl groups excluding tert-OH is 1. The van der Waals surface area contributed by atoms with E-state index in [0.29, 0.717) is 31.6 Å². The number of fused-ring (bicyclic) bond motifs is 7. The number of ether oxygens (including phenoxy) is 2. The average Bonchev–Trinajstić information content (AvgIpc) is 3.85. The first-order valence-electron chi connectivity index (χ1n) is 18.9. The Bertz CT molecular complexity index is 1920. The fourth-order valence-corrected chi connectivity index (χ4v) is 8.37. The molecule has 0 spiro atoms. The number of hydrogen-bond donors (Lipinski definition) is 2. The third kappa shape index (κ3) is 6.79. The molecule has 0 amide bonds. The van der Waals surface area contributed by atoms with Gasteiger partial charge in [0.05, 0.1) is 40.8 Å². The van der Waals surface area contributed by atoms with Gasteiger partial charge >= 0.3 is 11.9 Å². The maximum absolute atomic E-state index is 12.9. The molecule has 1 aliphatic carbocycles. The Morgan fingerprint density at radius 1 is 0.804 bits per heavy atom. The predicted molar refractivity (Wildman–Crippen MR) is 200 cm³/mol. The van der Waals surface area contributed by atoms with E-state index in [4.69, 9.17) is 24.5 Å². The number of aliphatic imine (C=N–C) groups is 3. The largest absolute Gasteiger partial charge is 0.511 e. The molecule has 0 aromatic rings. The molecule has 2 N–H and O–H groups in total. The van der Waals surface area contributed by atoms with Gasteiger partial charge in [-0.2, -0.15) is 0 Å². The van der Waals surface area contributed by atoms with E-state index in [0.717, 1.165) is 142 Å². The Balaban J connectivity index is 1.35. The number of nitrogens with zero attached hydrogens (tertiary/aromatic N) is 3. The van der Waals surface area contributed by atoms with Crippen LogP contribution in [0.1, 0.15) is 112 Å². The Morgan fingerprint density at radius 2 is 1.49 bits per heavy atom. The molecule has 0 aromatic heterocycles. The summed E-state index contributed by atoms with van der Waals surface area (Å²) in [7, 11) is 0. The highest BCUT2D eigenvalue weighted by Crippen LogP contribution is 2.46. The van der Waals surface area contributed by atoms with E-state index in [2.05, 4.69) is 45.2 Å². The third-order valence-corrected chi connectivity index (χ3v) is 11.5. The van der Waals surface area contributed by atoms with Crippen molar-refractivity contribution in [3.05, 3.63) is 91.5 Å². The van der Waals surface area contributed by atoms with Gasteiger partial charge in [-0.15, -0.1) is 0 Å². The molecular weight excluding hydrogens is 640 g/mol. The van der Waals surface area contributed by atoms with Gasteiger partial charge in [0.2, 0.25) is 0 Å². The van der Waals surface area contributed by atoms with E-state index < -0.39 is 0 Å². The van der Waals surface area contributed by atoms with E-state index in [1.807, 2.05) is 13.0 Å². The Kier molecular flexibility index (Phi) is 9.99. The van der Waals surface area contributed by atoms with Crippen molar-refractivity contribution in [3.8, 4) is 0 Å². The van der Waals surface area contributed by atoms with Gasteiger partial charge in [-0.05, 0) is 93.4 Å². The van der Waals surface area contributed by atoms with Gasteiger partial charge in [0, 0.05) is 59.2 Å². The van der Waals surface area contributed by atoms with Gasteiger partial charge in [-0.25, -0.2) is 15.0 Å². The summed E-state index contributed by atoms with van der Waals surface area (Å²) in [5.74, 6) is 0.199. The average molecular weight is 691 g/mol. The summed E-state index contributed by atoms with van der Waals surface area (Å²) in [6.45, 7) is 11.1. The zero-order chi connectivity index (χ0) is 35.8. The number of aliphatic hydroxyl groups is 1. The second-order valence-electron chi connectivity index (χ2n) is 14.7. The van der Waals surface area contributed by atoms with Gasteiger partial charge < -0.3 is 19.9 Å². The Labute approximate surface area is 301 Å². The summed E-state index contributed by atoms with van der Waals surface area (Å²) in [6.07, 6.45) is 15.4. The third-order valence-electron chi connectivity index (χ3n) is 11.5. The summed E-state index contributed by atoms with van der Waals surface area (Å²) >= 11 is 0. The quantitative estimate of drug-likeness (QED) is 0.266. The van der Waals surface area contributed by atoms with E-state index in [1.165, 1.54) is 0 Å². The van der Waals surface area contributed by atoms with Crippen LogP contribution in [-0.4, -0.2) is 47.4 Å². The molecule has 1 saturated heterocycles. The molecule has 7 rings (SSSR count). The maximum atomic E-state index is 12.9. The fourth-order valence-electron chi connectivity index (χ4n) is 8.37. The van der Waals surface area contributed by atoms with Crippen molar-refractivity contribution < 1.29 is 24.2 Å². The predicted octanol–water partition coefficient (Wildman–Crippen LogP) is 8.66. The van der Waals surface area contributed by atoms with E-state index >= 15 is 0 Å². The fraction of sp³-hybridized carbons (Fsp3) is 0.500. The van der Waals surface area contributed by atoms with Gasteiger partial charge in [-0.1, -0.05) is 39.5 Å².